The maximum atomic E-state index is 13.9. The minimum atomic E-state index is -0.400. The molecule has 0 saturated carbocycles. The van der Waals surface area contributed by atoms with Gasteiger partial charge in [0.05, 0.1) is 22.4 Å². The summed E-state index contributed by atoms with van der Waals surface area (Å²) < 4.78 is 27.3. The molecule has 3 aromatic rings. The Balaban J connectivity index is 1.48. The molecule has 3 aromatic carbocycles. The Morgan fingerprint density at radius 1 is 1.00 bits per heavy atom. The third-order valence-corrected chi connectivity index (χ3v) is 7.63. The Labute approximate surface area is 216 Å². The molecule has 0 bridgehead atoms. The summed E-state index contributed by atoms with van der Waals surface area (Å²) in [5.41, 5.74) is 6.50. The molecule has 1 aliphatic carbocycles. The molecule has 2 heterocycles. The fourth-order valence-electron chi connectivity index (χ4n) is 5.11. The molecule has 0 unspecified atom stereocenters. The van der Waals surface area contributed by atoms with Crippen LogP contribution in [0.25, 0.3) is 11.8 Å². The molecule has 5 nitrogen and oxygen atoms in total. The smallest absolute Gasteiger partial charge is 0.270 e. The van der Waals surface area contributed by atoms with Gasteiger partial charge >= 0.3 is 0 Å². The van der Waals surface area contributed by atoms with Gasteiger partial charge in [-0.1, -0.05) is 48.2 Å². The summed E-state index contributed by atoms with van der Waals surface area (Å²) in [5, 5.41) is 14.2. The minimum absolute atomic E-state index is 0.0196. The summed E-state index contributed by atoms with van der Waals surface area (Å²) in [5.74, 6) is -0.592. The van der Waals surface area contributed by atoms with Crippen LogP contribution in [0.15, 0.2) is 100 Å². The minimum Gasteiger partial charge on any atom is -0.308 e. The quantitative estimate of drug-likeness (QED) is 0.263. The zero-order valence-corrected chi connectivity index (χ0v) is 20.4. The first-order valence-electron chi connectivity index (χ1n) is 11.9. The number of amidine groups is 1. The van der Waals surface area contributed by atoms with Crippen LogP contribution in [0.2, 0.25) is 0 Å². The Morgan fingerprint density at radius 3 is 2.46 bits per heavy atom. The Morgan fingerprint density at radius 2 is 1.73 bits per heavy atom. The van der Waals surface area contributed by atoms with Gasteiger partial charge in [-0.25, -0.2) is 13.8 Å². The van der Waals surface area contributed by atoms with Crippen molar-refractivity contribution in [3.05, 3.63) is 133 Å². The van der Waals surface area contributed by atoms with Crippen LogP contribution in [0.5, 0.6) is 0 Å². The molecule has 0 spiro atoms. The number of aliphatic imine (C=N–C) groups is 1. The maximum absolute atomic E-state index is 13.9. The SMILES string of the molecule is O=[N+]([O-])c1cccc(C2=CSC3=NC4=C(CCC/C4=C\c4ccc(F)cc4)[C@@H](c4ccc(F)cc4)N23)c1. The number of rotatable bonds is 4. The first-order valence-corrected chi connectivity index (χ1v) is 12.8. The van der Waals surface area contributed by atoms with E-state index in [9.17, 15) is 18.9 Å². The molecule has 37 heavy (non-hydrogen) atoms. The molecule has 0 N–H and O–H groups in total. The summed E-state index contributed by atoms with van der Waals surface area (Å²) in [6, 6.07) is 19.2. The monoisotopic (exact) mass is 513 g/mol. The van der Waals surface area contributed by atoms with Gasteiger partial charge in [0.25, 0.3) is 5.69 Å². The fourth-order valence-corrected chi connectivity index (χ4v) is 6.04. The summed E-state index contributed by atoms with van der Waals surface area (Å²) >= 11 is 1.47. The van der Waals surface area contributed by atoms with E-state index >= 15 is 0 Å². The van der Waals surface area contributed by atoms with E-state index in [0.717, 1.165) is 63.7 Å². The summed E-state index contributed by atoms with van der Waals surface area (Å²) in [6.07, 6.45) is 4.65. The predicted molar refractivity (Wildman–Crippen MR) is 142 cm³/mol. The van der Waals surface area contributed by atoms with E-state index in [1.807, 2.05) is 11.5 Å². The number of thioether (sulfide) groups is 1. The van der Waals surface area contributed by atoms with Gasteiger partial charge in [-0.15, -0.1) is 0 Å². The van der Waals surface area contributed by atoms with Gasteiger partial charge in [0.1, 0.15) is 11.6 Å². The number of halogens is 2. The van der Waals surface area contributed by atoms with Crippen LogP contribution in [0.3, 0.4) is 0 Å². The molecule has 3 aliphatic rings. The van der Waals surface area contributed by atoms with Gasteiger partial charge in [-0.05, 0) is 71.9 Å². The third-order valence-electron chi connectivity index (χ3n) is 6.79. The molecular weight excluding hydrogens is 492 g/mol. The van der Waals surface area contributed by atoms with Crippen molar-refractivity contribution < 1.29 is 13.7 Å². The molecule has 0 radical (unpaired) electrons. The van der Waals surface area contributed by atoms with Crippen molar-refractivity contribution in [2.45, 2.75) is 25.3 Å². The van der Waals surface area contributed by atoms with E-state index in [1.165, 1.54) is 42.1 Å². The van der Waals surface area contributed by atoms with Crippen LogP contribution in [-0.4, -0.2) is 15.0 Å². The largest absolute Gasteiger partial charge is 0.308 e. The van der Waals surface area contributed by atoms with E-state index in [-0.39, 0.29) is 23.4 Å². The number of nitro benzene ring substituents is 1. The summed E-state index contributed by atoms with van der Waals surface area (Å²) in [4.78, 5) is 18.2. The van der Waals surface area contributed by atoms with Gasteiger partial charge in [0.2, 0.25) is 0 Å². The molecule has 1 atom stereocenters. The van der Waals surface area contributed by atoms with Crippen molar-refractivity contribution in [1.82, 2.24) is 4.90 Å². The van der Waals surface area contributed by atoms with Gasteiger partial charge in [0, 0.05) is 23.1 Å². The standard InChI is InChI=1S/C29H21F2N3O2S/c30-22-11-7-18(8-12-22)15-21-4-2-6-25-27(21)32-29-33(28(25)19-9-13-23(31)14-10-19)26(17-37-29)20-3-1-5-24(16-20)34(35)36/h1,3,5,7-17,28H,2,4,6H2/b21-15+/t28-/m1/s1. The first kappa shape index (κ1) is 23.4. The van der Waals surface area contributed by atoms with Crippen LogP contribution >= 0.6 is 11.8 Å². The van der Waals surface area contributed by atoms with Gasteiger partial charge in [-0.2, -0.15) is 0 Å². The van der Waals surface area contributed by atoms with Crippen molar-refractivity contribution in [1.29, 1.82) is 0 Å². The van der Waals surface area contributed by atoms with Gasteiger partial charge < -0.3 is 4.90 Å². The van der Waals surface area contributed by atoms with Crippen molar-refractivity contribution in [3.63, 3.8) is 0 Å². The maximum Gasteiger partial charge on any atom is 0.270 e. The van der Waals surface area contributed by atoms with E-state index in [0.29, 0.717) is 0 Å². The summed E-state index contributed by atoms with van der Waals surface area (Å²) in [7, 11) is 0. The topological polar surface area (TPSA) is 58.7 Å². The van der Waals surface area contributed by atoms with E-state index in [1.54, 1.807) is 36.4 Å². The lowest BCUT2D eigenvalue weighted by Crippen LogP contribution is -2.34. The van der Waals surface area contributed by atoms with Crippen molar-refractivity contribution in [2.75, 3.05) is 0 Å². The molecular formula is C29H21F2N3O2S. The van der Waals surface area contributed by atoms with E-state index in [4.69, 9.17) is 4.99 Å². The number of nitro groups is 1. The molecule has 0 amide bonds. The van der Waals surface area contributed by atoms with Crippen LogP contribution in [0.4, 0.5) is 14.5 Å². The van der Waals surface area contributed by atoms with Crippen molar-refractivity contribution in [2.24, 2.45) is 4.99 Å². The number of allylic oxidation sites excluding steroid dienone is 1. The van der Waals surface area contributed by atoms with Gasteiger partial charge in [-0.3, -0.25) is 10.1 Å². The van der Waals surface area contributed by atoms with Crippen LogP contribution in [0, 0.1) is 21.7 Å². The normalized spacial score (nSPS) is 19.9. The highest BCUT2D eigenvalue weighted by atomic mass is 32.2. The lowest BCUT2D eigenvalue weighted by Gasteiger charge is -2.40. The number of hydrogen-bond acceptors (Lipinski definition) is 5. The number of benzene rings is 3. The average Bonchev–Trinajstić information content (AvgIpc) is 3.33. The van der Waals surface area contributed by atoms with E-state index < -0.39 is 4.92 Å². The van der Waals surface area contributed by atoms with Gasteiger partial charge in [0.15, 0.2) is 5.17 Å². The van der Waals surface area contributed by atoms with E-state index in [2.05, 4.69) is 11.0 Å². The third kappa shape index (κ3) is 4.38. The fraction of sp³-hybridized carbons (Fsp3) is 0.138. The number of non-ortho nitro benzene ring substituents is 1. The average molecular weight is 514 g/mol. The zero-order valence-electron chi connectivity index (χ0n) is 19.6. The predicted octanol–water partition coefficient (Wildman–Crippen LogP) is 7.85. The van der Waals surface area contributed by atoms with Crippen molar-refractivity contribution >= 4 is 34.4 Å². The Kier molecular flexibility index (Phi) is 5.96. The van der Waals surface area contributed by atoms with Crippen LogP contribution in [0.1, 0.15) is 42.0 Å². The van der Waals surface area contributed by atoms with Crippen LogP contribution < -0.4 is 0 Å². The second-order valence-corrected chi connectivity index (χ2v) is 9.93. The second-order valence-electron chi connectivity index (χ2n) is 9.10. The van der Waals surface area contributed by atoms with Crippen LogP contribution in [-0.2, 0) is 0 Å². The van der Waals surface area contributed by atoms with Crippen molar-refractivity contribution in [3.8, 4) is 0 Å². The number of hydrogen-bond donors (Lipinski definition) is 0. The second kappa shape index (κ2) is 9.44. The molecule has 184 valence electrons. The highest BCUT2D eigenvalue weighted by molar-refractivity contribution is 8.16. The molecule has 2 aliphatic heterocycles. The highest BCUT2D eigenvalue weighted by Gasteiger charge is 2.40. The molecule has 0 saturated heterocycles. The highest BCUT2D eigenvalue weighted by Crippen LogP contribution is 2.51. The number of fused-ring (bicyclic) bond motifs is 1. The molecule has 0 fully saturated rings. The zero-order chi connectivity index (χ0) is 25.5. The Bertz CT molecular complexity index is 1530. The molecule has 0 aromatic heterocycles. The molecule has 6 rings (SSSR count). The lowest BCUT2D eigenvalue weighted by molar-refractivity contribution is -0.384. The molecule has 8 heteroatoms. The first-order chi connectivity index (χ1) is 18.0. The Hall–Kier alpha value is -4.04. The lowest BCUT2D eigenvalue weighted by atomic mass is 9.82. The number of nitrogens with zero attached hydrogens (tertiary/aromatic N) is 3. The summed E-state index contributed by atoms with van der Waals surface area (Å²) in [6.45, 7) is 0.